The highest BCUT2D eigenvalue weighted by Gasteiger charge is 2.68. The Kier molecular flexibility index (Phi) is 5.07. The highest BCUT2D eigenvalue weighted by atomic mass is 19.4. The zero-order valence-electron chi connectivity index (χ0n) is 15.0. The number of hydrogen-bond acceptors (Lipinski definition) is 5. The Hall–Kier alpha value is -2.29. The van der Waals surface area contributed by atoms with Crippen LogP contribution >= 0.6 is 0 Å². The van der Waals surface area contributed by atoms with Crippen molar-refractivity contribution in [2.45, 2.75) is 50.6 Å². The SMILES string of the molecule is COc1ccccc1OC(C)C(=O)N1N=C2CCCCC2C1(O)C(F)(F)F. The van der Waals surface area contributed by atoms with Crippen LogP contribution in [0.25, 0.3) is 0 Å². The van der Waals surface area contributed by atoms with Crippen molar-refractivity contribution in [1.82, 2.24) is 5.01 Å². The van der Waals surface area contributed by atoms with E-state index in [2.05, 4.69) is 5.10 Å². The van der Waals surface area contributed by atoms with Gasteiger partial charge in [-0.1, -0.05) is 18.6 Å². The lowest BCUT2D eigenvalue weighted by Gasteiger charge is -2.38. The third kappa shape index (κ3) is 3.24. The zero-order valence-corrected chi connectivity index (χ0v) is 15.0. The summed E-state index contributed by atoms with van der Waals surface area (Å²) < 4.78 is 51.9. The summed E-state index contributed by atoms with van der Waals surface area (Å²) in [4.78, 5) is 12.7. The first-order chi connectivity index (χ1) is 12.7. The van der Waals surface area contributed by atoms with E-state index in [0.717, 1.165) is 0 Å². The first-order valence-corrected chi connectivity index (χ1v) is 8.70. The molecule has 1 heterocycles. The first kappa shape index (κ1) is 19.5. The van der Waals surface area contributed by atoms with Gasteiger partial charge in [-0.3, -0.25) is 4.79 Å². The van der Waals surface area contributed by atoms with Crippen LogP contribution in [0.5, 0.6) is 11.5 Å². The molecule has 1 aromatic rings. The summed E-state index contributed by atoms with van der Waals surface area (Å²) in [7, 11) is 1.41. The molecule has 1 amide bonds. The minimum atomic E-state index is -5.04. The van der Waals surface area contributed by atoms with Crippen LogP contribution in [-0.4, -0.2) is 46.8 Å². The number of fused-ring (bicyclic) bond motifs is 1. The van der Waals surface area contributed by atoms with E-state index in [-0.39, 0.29) is 22.9 Å². The van der Waals surface area contributed by atoms with Gasteiger partial charge >= 0.3 is 6.18 Å². The van der Waals surface area contributed by atoms with Crippen LogP contribution in [0.3, 0.4) is 0 Å². The van der Waals surface area contributed by atoms with Gasteiger partial charge < -0.3 is 14.6 Å². The van der Waals surface area contributed by atoms with Crippen molar-refractivity contribution in [3.05, 3.63) is 24.3 Å². The molecular formula is C18H21F3N2O4. The van der Waals surface area contributed by atoms with Crippen molar-refractivity contribution < 1.29 is 32.5 Å². The standard InChI is InChI=1S/C18H21F3N2O4/c1-11(27-15-10-6-5-9-14(15)26-2)16(24)23-17(25,18(19,20)21)12-7-3-4-8-13(12)22-23/h5-6,9-12,25H,3-4,7-8H2,1-2H3. The fourth-order valence-electron chi connectivity index (χ4n) is 3.57. The van der Waals surface area contributed by atoms with Crippen molar-refractivity contribution >= 4 is 11.6 Å². The van der Waals surface area contributed by atoms with E-state index in [4.69, 9.17) is 9.47 Å². The van der Waals surface area contributed by atoms with Gasteiger partial charge in [0, 0.05) is 5.71 Å². The number of aliphatic hydroxyl groups is 1. The summed E-state index contributed by atoms with van der Waals surface area (Å²) in [5.74, 6) is -1.76. The number of amides is 1. The van der Waals surface area contributed by atoms with Crippen molar-refractivity contribution in [3.63, 3.8) is 0 Å². The Labute approximate surface area is 154 Å². The minimum absolute atomic E-state index is 0.125. The molecular weight excluding hydrogens is 365 g/mol. The van der Waals surface area contributed by atoms with Crippen LogP contribution in [-0.2, 0) is 4.79 Å². The van der Waals surface area contributed by atoms with E-state index in [1.807, 2.05) is 0 Å². The number of carbonyl (C=O) groups is 1. The molecule has 3 rings (SSSR count). The molecule has 0 radical (unpaired) electrons. The first-order valence-electron chi connectivity index (χ1n) is 8.70. The molecule has 0 saturated heterocycles. The quantitative estimate of drug-likeness (QED) is 0.863. The molecule has 0 aromatic heterocycles. The lowest BCUT2D eigenvalue weighted by molar-refractivity contribution is -0.318. The van der Waals surface area contributed by atoms with Gasteiger partial charge in [0.25, 0.3) is 11.6 Å². The largest absolute Gasteiger partial charge is 0.493 e. The summed E-state index contributed by atoms with van der Waals surface area (Å²) in [5.41, 5.74) is -3.14. The molecule has 27 heavy (non-hydrogen) atoms. The fourth-order valence-corrected chi connectivity index (χ4v) is 3.57. The normalized spacial score (nSPS) is 26.2. The number of halogens is 3. The average molecular weight is 386 g/mol. The molecule has 1 aromatic carbocycles. The second-order valence-corrected chi connectivity index (χ2v) is 6.67. The molecule has 3 unspecified atom stereocenters. The number of para-hydroxylation sites is 2. The van der Waals surface area contributed by atoms with E-state index < -0.39 is 29.8 Å². The van der Waals surface area contributed by atoms with Gasteiger partial charge in [0.15, 0.2) is 17.6 Å². The summed E-state index contributed by atoms with van der Waals surface area (Å²) in [6.07, 6.45) is -4.68. The van der Waals surface area contributed by atoms with Crippen LogP contribution in [0.15, 0.2) is 29.4 Å². The smallest absolute Gasteiger partial charge is 0.439 e. The fraction of sp³-hybridized carbons (Fsp3) is 0.556. The number of nitrogens with zero attached hydrogens (tertiary/aromatic N) is 2. The monoisotopic (exact) mass is 386 g/mol. The Morgan fingerprint density at radius 3 is 2.63 bits per heavy atom. The van der Waals surface area contributed by atoms with E-state index in [9.17, 15) is 23.1 Å². The molecule has 148 valence electrons. The Morgan fingerprint density at radius 2 is 2.00 bits per heavy atom. The summed E-state index contributed by atoms with van der Waals surface area (Å²) in [5, 5.41) is 14.6. The third-order valence-electron chi connectivity index (χ3n) is 4.96. The van der Waals surface area contributed by atoms with Crippen LogP contribution in [0.2, 0.25) is 0 Å². The van der Waals surface area contributed by atoms with E-state index >= 15 is 0 Å². The molecule has 6 nitrogen and oxygen atoms in total. The maximum Gasteiger partial charge on any atom is 0.439 e. The number of alkyl halides is 3. The molecule has 1 saturated carbocycles. The lowest BCUT2D eigenvalue weighted by atomic mass is 9.80. The molecule has 1 N–H and O–H groups in total. The average Bonchev–Trinajstić information content (AvgIpc) is 2.95. The summed E-state index contributed by atoms with van der Waals surface area (Å²) in [6, 6.07) is 6.47. The number of hydrogen-bond donors (Lipinski definition) is 1. The van der Waals surface area contributed by atoms with E-state index in [0.29, 0.717) is 25.0 Å². The molecule has 3 atom stereocenters. The molecule has 1 aliphatic heterocycles. The van der Waals surface area contributed by atoms with Gasteiger partial charge in [-0.25, -0.2) is 0 Å². The number of hydrazone groups is 1. The Bertz CT molecular complexity index is 752. The van der Waals surface area contributed by atoms with Crippen molar-refractivity contribution in [2.24, 2.45) is 11.0 Å². The van der Waals surface area contributed by atoms with E-state index in [1.165, 1.54) is 20.1 Å². The molecule has 1 aliphatic carbocycles. The zero-order chi connectivity index (χ0) is 19.8. The predicted molar refractivity (Wildman–Crippen MR) is 90.3 cm³/mol. The number of benzene rings is 1. The van der Waals surface area contributed by atoms with Crippen molar-refractivity contribution in [1.29, 1.82) is 0 Å². The maximum absolute atomic E-state index is 13.8. The van der Waals surface area contributed by atoms with Gasteiger partial charge in [0.1, 0.15) is 0 Å². The van der Waals surface area contributed by atoms with Gasteiger partial charge in [0.05, 0.1) is 13.0 Å². The maximum atomic E-state index is 13.8. The molecule has 9 heteroatoms. The number of ether oxygens (including phenoxy) is 2. The van der Waals surface area contributed by atoms with Gasteiger partial charge in [-0.15, -0.1) is 0 Å². The lowest BCUT2D eigenvalue weighted by Crippen LogP contribution is -2.62. The van der Waals surface area contributed by atoms with Crippen LogP contribution < -0.4 is 9.47 Å². The van der Waals surface area contributed by atoms with Crippen LogP contribution in [0.1, 0.15) is 32.6 Å². The summed E-state index contributed by atoms with van der Waals surface area (Å²) >= 11 is 0. The van der Waals surface area contributed by atoms with Gasteiger partial charge in [0.2, 0.25) is 0 Å². The van der Waals surface area contributed by atoms with Gasteiger partial charge in [-0.05, 0) is 38.3 Å². The minimum Gasteiger partial charge on any atom is -0.493 e. The van der Waals surface area contributed by atoms with Crippen LogP contribution in [0.4, 0.5) is 13.2 Å². The second kappa shape index (κ2) is 7.03. The highest BCUT2D eigenvalue weighted by molar-refractivity contribution is 5.94. The summed E-state index contributed by atoms with van der Waals surface area (Å²) in [6.45, 7) is 1.31. The predicted octanol–water partition coefficient (Wildman–Crippen LogP) is 3.10. The number of methoxy groups -OCH3 is 1. The van der Waals surface area contributed by atoms with Crippen molar-refractivity contribution in [3.8, 4) is 11.5 Å². The van der Waals surface area contributed by atoms with Crippen LogP contribution in [0, 0.1) is 5.92 Å². The van der Waals surface area contributed by atoms with Gasteiger partial charge in [-0.2, -0.15) is 23.3 Å². The highest BCUT2D eigenvalue weighted by Crippen LogP contribution is 2.48. The molecule has 0 bridgehead atoms. The Balaban J connectivity index is 1.88. The van der Waals surface area contributed by atoms with E-state index in [1.54, 1.807) is 18.2 Å². The second-order valence-electron chi connectivity index (χ2n) is 6.67. The number of rotatable bonds is 4. The molecule has 0 spiro atoms. The Morgan fingerprint density at radius 1 is 1.33 bits per heavy atom. The number of carbonyl (C=O) groups excluding carboxylic acids is 1. The van der Waals surface area contributed by atoms with Crippen molar-refractivity contribution in [2.75, 3.05) is 7.11 Å². The third-order valence-corrected chi connectivity index (χ3v) is 4.96. The molecule has 2 aliphatic rings. The topological polar surface area (TPSA) is 71.4 Å². The molecule has 1 fully saturated rings.